The van der Waals surface area contributed by atoms with Crippen molar-refractivity contribution in [2.24, 2.45) is 0 Å². The fourth-order valence-corrected chi connectivity index (χ4v) is 4.37. The smallest absolute Gasteiger partial charge is 0.207 e. The minimum Gasteiger partial charge on any atom is -0.207 e. The highest BCUT2D eigenvalue weighted by molar-refractivity contribution is 5.66. The van der Waals surface area contributed by atoms with Gasteiger partial charge >= 0.3 is 0 Å². The summed E-state index contributed by atoms with van der Waals surface area (Å²) in [5.74, 6) is -2.18. The van der Waals surface area contributed by atoms with Crippen LogP contribution in [0.15, 0.2) is 54.6 Å². The maximum absolute atomic E-state index is 13.4. The maximum Gasteiger partial charge on any atom is 0.248 e. The molecule has 1 fully saturated rings. The van der Waals surface area contributed by atoms with Crippen molar-refractivity contribution in [3.63, 3.8) is 0 Å². The predicted molar refractivity (Wildman–Crippen MR) is 125 cm³/mol. The Kier molecular flexibility index (Phi) is 8.66. The number of allylic oxidation sites excluding steroid dienone is 1. The Balaban J connectivity index is 1.47. The number of halogens is 2. The Labute approximate surface area is 181 Å². The maximum atomic E-state index is 13.4. The first-order chi connectivity index (χ1) is 14.6. The lowest BCUT2D eigenvalue weighted by Crippen LogP contribution is -2.23. The van der Waals surface area contributed by atoms with E-state index < -0.39 is 5.92 Å². The van der Waals surface area contributed by atoms with Gasteiger partial charge < -0.3 is 0 Å². The lowest BCUT2D eigenvalue weighted by molar-refractivity contribution is -0.0382. The molecule has 0 saturated heterocycles. The molecule has 3 rings (SSSR count). The van der Waals surface area contributed by atoms with Crippen molar-refractivity contribution in [1.82, 2.24) is 0 Å². The fraction of sp³-hybridized carbons (Fsp3) is 0.500. The number of unbranched alkanes of at least 4 members (excludes halogenated alkanes) is 6. The van der Waals surface area contributed by atoms with E-state index in [0.29, 0.717) is 12.8 Å². The minimum atomic E-state index is -2.46. The summed E-state index contributed by atoms with van der Waals surface area (Å²) >= 11 is 0. The molecule has 2 heteroatoms. The lowest BCUT2D eigenvalue weighted by Gasteiger charge is -2.28. The van der Waals surface area contributed by atoms with Crippen molar-refractivity contribution in [2.75, 3.05) is 0 Å². The Hall–Kier alpha value is -1.96. The van der Waals surface area contributed by atoms with Gasteiger partial charge in [0.25, 0.3) is 0 Å². The van der Waals surface area contributed by atoms with Crippen LogP contribution in [-0.4, -0.2) is 5.92 Å². The molecule has 0 aliphatic heterocycles. The average Bonchev–Trinajstić information content (AvgIpc) is 2.76. The summed E-state index contributed by atoms with van der Waals surface area (Å²) in [6.45, 7) is 2.26. The molecular formula is C28H36F2. The Morgan fingerprint density at radius 3 is 2.00 bits per heavy atom. The fourth-order valence-electron chi connectivity index (χ4n) is 4.37. The minimum absolute atomic E-state index is 0.0211. The standard InChI is InChI=1S/C28H36F2/c1-2-3-4-5-6-7-8-9-10-23-11-13-24(14-12-23)25-15-17-26(18-16-25)27-19-21-28(29,30)22-20-27/h9-18,27H,2-8,19-22H2,1H3. The van der Waals surface area contributed by atoms with Crippen LogP contribution < -0.4 is 0 Å². The van der Waals surface area contributed by atoms with E-state index >= 15 is 0 Å². The molecule has 0 heterocycles. The monoisotopic (exact) mass is 410 g/mol. The zero-order valence-corrected chi connectivity index (χ0v) is 18.4. The summed E-state index contributed by atoms with van der Waals surface area (Å²) in [6.07, 6.45) is 14.9. The van der Waals surface area contributed by atoms with Crippen molar-refractivity contribution in [1.29, 1.82) is 0 Å². The van der Waals surface area contributed by atoms with Crippen molar-refractivity contribution >= 4 is 6.08 Å². The third-order valence-corrected chi connectivity index (χ3v) is 6.38. The molecule has 2 aromatic carbocycles. The second-order valence-electron chi connectivity index (χ2n) is 8.83. The summed E-state index contributed by atoms with van der Waals surface area (Å²) in [5.41, 5.74) is 4.82. The van der Waals surface area contributed by atoms with E-state index in [0.717, 1.165) is 6.42 Å². The average molecular weight is 411 g/mol. The van der Waals surface area contributed by atoms with Gasteiger partial charge in [0.15, 0.2) is 0 Å². The van der Waals surface area contributed by atoms with E-state index in [4.69, 9.17) is 0 Å². The molecule has 0 spiro atoms. The normalized spacial score (nSPS) is 16.9. The van der Waals surface area contributed by atoms with Crippen LogP contribution in [0.3, 0.4) is 0 Å². The van der Waals surface area contributed by atoms with E-state index in [9.17, 15) is 8.78 Å². The van der Waals surface area contributed by atoms with Gasteiger partial charge in [0.05, 0.1) is 0 Å². The van der Waals surface area contributed by atoms with Gasteiger partial charge in [0.2, 0.25) is 5.92 Å². The van der Waals surface area contributed by atoms with E-state index in [1.807, 2.05) is 0 Å². The van der Waals surface area contributed by atoms with Crippen LogP contribution in [0.5, 0.6) is 0 Å². The number of benzene rings is 2. The third kappa shape index (κ3) is 7.07. The number of hydrogen-bond donors (Lipinski definition) is 0. The predicted octanol–water partition coefficient (Wildman–Crippen LogP) is 9.41. The number of hydrogen-bond acceptors (Lipinski definition) is 0. The third-order valence-electron chi connectivity index (χ3n) is 6.38. The Morgan fingerprint density at radius 2 is 1.37 bits per heavy atom. The van der Waals surface area contributed by atoms with Crippen LogP contribution in [0.2, 0.25) is 0 Å². The first kappa shape index (κ1) is 22.7. The molecule has 1 aliphatic rings. The Bertz CT molecular complexity index is 761. The molecule has 0 atom stereocenters. The van der Waals surface area contributed by atoms with E-state index in [1.165, 1.54) is 60.8 Å². The number of rotatable bonds is 10. The second-order valence-corrected chi connectivity index (χ2v) is 8.83. The zero-order valence-electron chi connectivity index (χ0n) is 18.4. The molecular weight excluding hydrogens is 374 g/mol. The molecule has 0 amide bonds. The van der Waals surface area contributed by atoms with E-state index in [1.54, 1.807) is 0 Å². The van der Waals surface area contributed by atoms with Gasteiger partial charge in [-0.05, 0) is 53.9 Å². The van der Waals surface area contributed by atoms with E-state index in [-0.39, 0.29) is 18.8 Å². The summed E-state index contributed by atoms with van der Waals surface area (Å²) < 4.78 is 26.8. The van der Waals surface area contributed by atoms with Gasteiger partial charge in [0.1, 0.15) is 0 Å². The Morgan fingerprint density at radius 1 is 0.800 bits per heavy atom. The van der Waals surface area contributed by atoms with Crippen LogP contribution in [0.1, 0.15) is 94.6 Å². The van der Waals surface area contributed by atoms with Gasteiger partial charge in [-0.2, -0.15) is 0 Å². The highest BCUT2D eigenvalue weighted by Gasteiger charge is 2.35. The highest BCUT2D eigenvalue weighted by atomic mass is 19.3. The van der Waals surface area contributed by atoms with Crippen molar-refractivity contribution in [3.8, 4) is 11.1 Å². The summed E-state index contributed by atoms with van der Waals surface area (Å²) in [4.78, 5) is 0. The number of alkyl halides is 2. The molecule has 0 unspecified atom stereocenters. The van der Waals surface area contributed by atoms with Crippen molar-refractivity contribution in [3.05, 3.63) is 65.7 Å². The first-order valence-electron chi connectivity index (χ1n) is 11.8. The van der Waals surface area contributed by atoms with Gasteiger partial charge in [-0.25, -0.2) is 8.78 Å². The molecule has 0 nitrogen and oxygen atoms in total. The van der Waals surface area contributed by atoms with Gasteiger partial charge in [0, 0.05) is 12.8 Å². The van der Waals surface area contributed by atoms with E-state index in [2.05, 4.69) is 67.6 Å². The molecule has 0 radical (unpaired) electrons. The molecule has 1 saturated carbocycles. The summed E-state index contributed by atoms with van der Waals surface area (Å²) in [7, 11) is 0. The zero-order chi connectivity index (χ0) is 21.2. The molecule has 0 aromatic heterocycles. The van der Waals surface area contributed by atoms with Crippen molar-refractivity contribution in [2.45, 2.75) is 89.4 Å². The summed E-state index contributed by atoms with van der Waals surface area (Å²) in [5, 5.41) is 0. The van der Waals surface area contributed by atoms with Gasteiger partial charge in [-0.15, -0.1) is 0 Å². The van der Waals surface area contributed by atoms with Gasteiger partial charge in [-0.1, -0.05) is 99.7 Å². The second kappa shape index (κ2) is 11.4. The lowest BCUT2D eigenvalue weighted by atomic mass is 9.82. The SMILES string of the molecule is CCCCCCCCC=Cc1ccc(-c2ccc(C3CCC(F)(F)CC3)cc2)cc1. The van der Waals surface area contributed by atoms with Crippen molar-refractivity contribution < 1.29 is 8.78 Å². The van der Waals surface area contributed by atoms with Crippen LogP contribution in [0.25, 0.3) is 17.2 Å². The molecule has 0 bridgehead atoms. The van der Waals surface area contributed by atoms with Crippen LogP contribution in [-0.2, 0) is 0 Å². The first-order valence-corrected chi connectivity index (χ1v) is 11.8. The summed E-state index contributed by atoms with van der Waals surface area (Å²) in [6, 6.07) is 17.2. The van der Waals surface area contributed by atoms with Crippen LogP contribution in [0.4, 0.5) is 8.78 Å². The molecule has 1 aliphatic carbocycles. The molecule has 2 aromatic rings. The largest absolute Gasteiger partial charge is 0.248 e. The molecule has 162 valence electrons. The quantitative estimate of drug-likeness (QED) is 0.342. The topological polar surface area (TPSA) is 0 Å². The highest BCUT2D eigenvalue weighted by Crippen LogP contribution is 2.41. The van der Waals surface area contributed by atoms with Crippen LogP contribution in [0, 0.1) is 0 Å². The van der Waals surface area contributed by atoms with Gasteiger partial charge in [-0.3, -0.25) is 0 Å². The van der Waals surface area contributed by atoms with Crippen LogP contribution >= 0.6 is 0 Å². The molecule has 30 heavy (non-hydrogen) atoms. The molecule has 0 N–H and O–H groups in total.